The lowest BCUT2D eigenvalue weighted by Gasteiger charge is -2.11. The lowest BCUT2D eigenvalue weighted by atomic mass is 10.1. The van der Waals surface area contributed by atoms with Gasteiger partial charge in [0.15, 0.2) is 0 Å². The highest BCUT2D eigenvalue weighted by Crippen LogP contribution is 2.28. The van der Waals surface area contributed by atoms with Crippen LogP contribution in [0.25, 0.3) is 0 Å². The fourth-order valence-corrected chi connectivity index (χ4v) is 2.92. The number of nitrogens with two attached hydrogens (primary N) is 1. The maximum absolute atomic E-state index is 13.9. The van der Waals surface area contributed by atoms with E-state index in [1.807, 2.05) is 12.1 Å². The van der Waals surface area contributed by atoms with Crippen molar-refractivity contribution in [2.24, 2.45) is 5.73 Å². The van der Waals surface area contributed by atoms with Gasteiger partial charge < -0.3 is 11.1 Å². The van der Waals surface area contributed by atoms with Crippen molar-refractivity contribution in [3.8, 4) is 0 Å². The number of carbonyl (C=O) groups excluding carboxylic acids is 2. The number of aryl methyl sites for hydroxylation is 1. The second kappa shape index (κ2) is 7.78. The quantitative estimate of drug-likeness (QED) is 0.797. The number of hydrogen-bond acceptors (Lipinski definition) is 3. The zero-order valence-electron chi connectivity index (χ0n) is 12.6. The van der Waals surface area contributed by atoms with E-state index < -0.39 is 11.7 Å². The van der Waals surface area contributed by atoms with Crippen LogP contribution in [-0.4, -0.2) is 17.6 Å². The molecular formula is C17H17FN2O2S. The van der Waals surface area contributed by atoms with Gasteiger partial charge in [-0.15, -0.1) is 11.8 Å². The second-order valence-electron chi connectivity index (χ2n) is 5.00. The van der Waals surface area contributed by atoms with Crippen LogP contribution in [0.5, 0.6) is 0 Å². The summed E-state index contributed by atoms with van der Waals surface area (Å²) in [5.74, 6) is -0.922. The summed E-state index contributed by atoms with van der Waals surface area (Å²) in [4.78, 5) is 23.8. The van der Waals surface area contributed by atoms with E-state index in [0.717, 1.165) is 10.5 Å². The summed E-state index contributed by atoms with van der Waals surface area (Å²) in [7, 11) is 0. The van der Waals surface area contributed by atoms with Crippen molar-refractivity contribution < 1.29 is 14.0 Å². The highest BCUT2D eigenvalue weighted by molar-refractivity contribution is 7.99. The second-order valence-corrected chi connectivity index (χ2v) is 6.14. The van der Waals surface area contributed by atoms with Gasteiger partial charge in [0.25, 0.3) is 5.91 Å². The summed E-state index contributed by atoms with van der Waals surface area (Å²) in [6.45, 7) is 1.76. The van der Waals surface area contributed by atoms with E-state index >= 15 is 0 Å². The molecule has 2 aromatic carbocycles. The Morgan fingerprint density at radius 3 is 2.65 bits per heavy atom. The van der Waals surface area contributed by atoms with Crippen LogP contribution in [0.3, 0.4) is 0 Å². The number of hydrogen-bond donors (Lipinski definition) is 2. The smallest absolute Gasteiger partial charge is 0.258 e. The first-order chi connectivity index (χ1) is 11.0. The van der Waals surface area contributed by atoms with Crippen molar-refractivity contribution in [1.82, 2.24) is 0 Å². The van der Waals surface area contributed by atoms with Gasteiger partial charge in [0.1, 0.15) is 5.82 Å². The average molecular weight is 332 g/mol. The van der Waals surface area contributed by atoms with Gasteiger partial charge >= 0.3 is 0 Å². The average Bonchev–Trinajstić information content (AvgIpc) is 2.48. The molecule has 6 heteroatoms. The van der Waals surface area contributed by atoms with Gasteiger partial charge in [0.2, 0.25) is 5.91 Å². The number of amides is 2. The zero-order valence-corrected chi connectivity index (χ0v) is 13.5. The molecule has 23 heavy (non-hydrogen) atoms. The molecule has 0 saturated carbocycles. The van der Waals surface area contributed by atoms with E-state index in [1.54, 1.807) is 25.1 Å². The molecule has 0 aliphatic rings. The highest BCUT2D eigenvalue weighted by atomic mass is 32.2. The summed E-state index contributed by atoms with van der Waals surface area (Å²) in [5, 5.41) is 2.71. The van der Waals surface area contributed by atoms with Crippen molar-refractivity contribution in [2.45, 2.75) is 18.2 Å². The fraction of sp³-hybridized carbons (Fsp3) is 0.176. The Bertz CT molecular complexity index is 734. The van der Waals surface area contributed by atoms with Gasteiger partial charge in [-0.3, -0.25) is 9.59 Å². The van der Waals surface area contributed by atoms with Crippen molar-refractivity contribution in [3.05, 3.63) is 59.4 Å². The molecule has 2 rings (SSSR count). The third kappa shape index (κ3) is 4.82. The first kappa shape index (κ1) is 17.0. The van der Waals surface area contributed by atoms with Crippen molar-refractivity contribution >= 4 is 29.3 Å². The Morgan fingerprint density at radius 1 is 1.22 bits per heavy atom. The van der Waals surface area contributed by atoms with E-state index in [9.17, 15) is 14.0 Å². The number of halogens is 1. The summed E-state index contributed by atoms with van der Waals surface area (Å²) in [6, 6.07) is 11.6. The Labute approximate surface area is 138 Å². The summed E-state index contributed by atoms with van der Waals surface area (Å²) >= 11 is 1.41. The van der Waals surface area contributed by atoms with E-state index in [4.69, 9.17) is 5.73 Å². The summed E-state index contributed by atoms with van der Waals surface area (Å²) in [6.07, 6.45) is 0.250. The Morgan fingerprint density at radius 2 is 1.96 bits per heavy atom. The standard InChI is InChI=1S/C17H17FN2O2S/c1-11-6-7-12(13(18)10-11)17(22)20-14-4-2-3-5-15(14)23-9-8-16(19)21/h2-7,10H,8-9H2,1H3,(H2,19,21)(H,20,22). The molecule has 0 heterocycles. The molecule has 0 bridgehead atoms. The van der Waals surface area contributed by atoms with Crippen LogP contribution in [0.15, 0.2) is 47.4 Å². The molecule has 0 radical (unpaired) electrons. The molecule has 0 aliphatic heterocycles. The van der Waals surface area contributed by atoms with Gasteiger partial charge in [0, 0.05) is 17.1 Å². The minimum atomic E-state index is -0.554. The van der Waals surface area contributed by atoms with E-state index in [0.29, 0.717) is 11.4 Å². The maximum atomic E-state index is 13.9. The Kier molecular flexibility index (Phi) is 5.76. The van der Waals surface area contributed by atoms with Gasteiger partial charge in [-0.25, -0.2) is 4.39 Å². The van der Waals surface area contributed by atoms with Crippen LogP contribution >= 0.6 is 11.8 Å². The largest absolute Gasteiger partial charge is 0.370 e. The first-order valence-corrected chi connectivity index (χ1v) is 8.03. The molecule has 0 unspecified atom stereocenters. The molecule has 120 valence electrons. The Hall–Kier alpha value is -2.34. The zero-order chi connectivity index (χ0) is 16.8. The number of rotatable bonds is 6. The lowest BCUT2D eigenvalue weighted by Crippen LogP contribution is -2.14. The third-order valence-electron chi connectivity index (χ3n) is 3.11. The number of carbonyl (C=O) groups is 2. The van der Waals surface area contributed by atoms with E-state index in [2.05, 4.69) is 5.32 Å². The molecule has 2 aromatic rings. The maximum Gasteiger partial charge on any atom is 0.258 e. The van der Waals surface area contributed by atoms with Crippen molar-refractivity contribution in [1.29, 1.82) is 0 Å². The van der Waals surface area contributed by atoms with Crippen molar-refractivity contribution in [2.75, 3.05) is 11.1 Å². The minimum Gasteiger partial charge on any atom is -0.370 e. The van der Waals surface area contributed by atoms with Crippen LogP contribution in [0, 0.1) is 12.7 Å². The summed E-state index contributed by atoms with van der Waals surface area (Å²) < 4.78 is 13.9. The SMILES string of the molecule is Cc1ccc(C(=O)Nc2ccccc2SCCC(N)=O)c(F)c1. The van der Waals surface area contributed by atoms with Gasteiger partial charge in [-0.1, -0.05) is 18.2 Å². The van der Waals surface area contributed by atoms with E-state index in [1.165, 1.54) is 23.9 Å². The third-order valence-corrected chi connectivity index (χ3v) is 4.19. The Balaban J connectivity index is 2.13. The number of anilines is 1. The van der Waals surface area contributed by atoms with Gasteiger partial charge in [-0.2, -0.15) is 0 Å². The van der Waals surface area contributed by atoms with Crippen molar-refractivity contribution in [3.63, 3.8) is 0 Å². The molecule has 0 aliphatic carbocycles. The molecule has 3 N–H and O–H groups in total. The minimum absolute atomic E-state index is 0.00691. The lowest BCUT2D eigenvalue weighted by molar-refractivity contribution is -0.117. The van der Waals surface area contributed by atoms with Crippen LogP contribution in [0.1, 0.15) is 22.3 Å². The number of thioether (sulfide) groups is 1. The molecule has 0 saturated heterocycles. The van der Waals surface area contributed by atoms with Crippen LogP contribution < -0.4 is 11.1 Å². The van der Waals surface area contributed by atoms with Crippen LogP contribution in [0.4, 0.5) is 10.1 Å². The predicted octanol–water partition coefficient (Wildman–Crippen LogP) is 3.35. The molecule has 2 amide bonds. The van der Waals surface area contributed by atoms with Gasteiger partial charge in [-0.05, 0) is 36.8 Å². The number of primary amides is 1. The predicted molar refractivity (Wildman–Crippen MR) is 90.1 cm³/mol. The van der Waals surface area contributed by atoms with E-state index in [-0.39, 0.29) is 17.9 Å². The topological polar surface area (TPSA) is 72.2 Å². The molecular weight excluding hydrogens is 315 g/mol. The molecule has 0 spiro atoms. The molecule has 0 aromatic heterocycles. The van der Waals surface area contributed by atoms with Crippen LogP contribution in [0.2, 0.25) is 0 Å². The summed E-state index contributed by atoms with van der Waals surface area (Å²) in [5.41, 5.74) is 6.44. The monoisotopic (exact) mass is 332 g/mol. The highest BCUT2D eigenvalue weighted by Gasteiger charge is 2.13. The van der Waals surface area contributed by atoms with Crippen LogP contribution in [-0.2, 0) is 4.79 Å². The normalized spacial score (nSPS) is 10.3. The first-order valence-electron chi connectivity index (χ1n) is 7.05. The van der Waals surface area contributed by atoms with Gasteiger partial charge in [0.05, 0.1) is 11.3 Å². The molecule has 0 atom stereocenters. The molecule has 0 fully saturated rings. The number of nitrogens with one attached hydrogen (secondary N) is 1. The number of para-hydroxylation sites is 1. The molecule has 4 nitrogen and oxygen atoms in total. The fourth-order valence-electron chi connectivity index (χ4n) is 1.95. The number of benzene rings is 2.